The molecule has 1 heterocycles. The molecule has 0 aromatic carbocycles. The Morgan fingerprint density at radius 2 is 1.02 bits per heavy atom. The number of allylic oxidation sites excluding steroid dienone is 9. The van der Waals surface area contributed by atoms with Gasteiger partial charge in [-0.05, 0) is 38.5 Å². The van der Waals surface area contributed by atoms with Gasteiger partial charge in [-0.25, -0.2) is 0 Å². The number of amides is 1. The summed E-state index contributed by atoms with van der Waals surface area (Å²) in [5.41, 5.74) is 0. The zero-order chi connectivity index (χ0) is 41.6. The molecule has 57 heavy (non-hydrogen) atoms. The minimum absolute atomic E-state index is 0.135. The predicted molar refractivity (Wildman–Crippen MR) is 235 cm³/mol. The summed E-state index contributed by atoms with van der Waals surface area (Å²) in [6.45, 7) is 3.65. The fraction of sp³-hybridized carbons (Fsp3) is 0.771. The smallest absolute Gasteiger partial charge is 0.224 e. The number of unbranched alkanes of at least 4 members (excludes halogenated alkanes) is 18. The van der Waals surface area contributed by atoms with Crippen molar-refractivity contribution >= 4 is 5.91 Å². The van der Waals surface area contributed by atoms with Crippen molar-refractivity contribution in [1.82, 2.24) is 5.32 Å². The van der Waals surface area contributed by atoms with E-state index in [9.17, 15) is 30.3 Å². The molecule has 7 atom stereocenters. The summed E-state index contributed by atoms with van der Waals surface area (Å²) in [4.78, 5) is 12.9. The van der Waals surface area contributed by atoms with Crippen molar-refractivity contribution in [2.45, 2.75) is 224 Å². The second kappa shape index (κ2) is 38.1. The molecule has 1 fully saturated rings. The van der Waals surface area contributed by atoms with Crippen LogP contribution in [0.25, 0.3) is 0 Å². The number of aliphatic hydroxyl groups excluding tert-OH is 5. The van der Waals surface area contributed by atoms with Crippen LogP contribution in [0.5, 0.6) is 0 Å². The predicted octanol–water partition coefficient (Wildman–Crippen LogP) is 9.61. The van der Waals surface area contributed by atoms with Gasteiger partial charge in [0.25, 0.3) is 0 Å². The standard InChI is InChI=1S/C48H85NO8/c1-3-5-7-9-11-13-15-17-19-20-21-22-24-25-27-29-31-33-35-37-42(51)41(40-56-48-47(55)46(54)45(53)43(39-50)57-48)49-44(52)38-36-34-32-30-28-26-23-18-16-14-12-10-8-6-4-2/h6,8,12,14,18,23,28,30,34,36,41-43,45-48,50-51,53-55H,3-5,7,9-11,13,15-17,19-22,24-27,29,31-33,35,37-40H2,1-2H3,(H,49,52)/b8-6-,14-12-,23-18-,30-28-,36-34-. The molecule has 0 aliphatic carbocycles. The molecule has 1 rings (SSSR count). The van der Waals surface area contributed by atoms with Crippen LogP contribution in [-0.2, 0) is 14.3 Å². The van der Waals surface area contributed by atoms with Gasteiger partial charge in [0.05, 0.1) is 25.4 Å². The van der Waals surface area contributed by atoms with Gasteiger partial charge in [-0.3, -0.25) is 4.79 Å². The second-order valence-electron chi connectivity index (χ2n) is 15.8. The van der Waals surface area contributed by atoms with Crippen LogP contribution in [0, 0.1) is 0 Å². The van der Waals surface area contributed by atoms with Gasteiger partial charge >= 0.3 is 0 Å². The molecular weight excluding hydrogens is 719 g/mol. The highest BCUT2D eigenvalue weighted by Crippen LogP contribution is 2.23. The van der Waals surface area contributed by atoms with Crippen molar-refractivity contribution in [2.24, 2.45) is 0 Å². The molecule has 9 nitrogen and oxygen atoms in total. The molecule has 0 bridgehead atoms. The maximum Gasteiger partial charge on any atom is 0.224 e. The molecule has 6 N–H and O–H groups in total. The number of carbonyl (C=O) groups excluding carboxylic acids is 1. The first-order chi connectivity index (χ1) is 27.8. The SMILES string of the molecule is CC/C=C\C/C=C\C/C=C\C/C=C\C/C=C\CC(=O)NC(COC1OC(CO)C(O)C(O)C1O)C(O)CCCCCCCCCCCCCCCCCCCCC. The monoisotopic (exact) mass is 804 g/mol. The van der Waals surface area contributed by atoms with E-state index in [2.05, 4.69) is 67.8 Å². The quantitative estimate of drug-likeness (QED) is 0.0269. The Morgan fingerprint density at radius 1 is 0.596 bits per heavy atom. The van der Waals surface area contributed by atoms with Gasteiger partial charge in [-0.15, -0.1) is 0 Å². The highest BCUT2D eigenvalue weighted by atomic mass is 16.7. The zero-order valence-electron chi connectivity index (χ0n) is 36.1. The van der Waals surface area contributed by atoms with Crippen LogP contribution in [0.2, 0.25) is 0 Å². The topological polar surface area (TPSA) is 149 Å². The summed E-state index contributed by atoms with van der Waals surface area (Å²) in [5, 5.41) is 54.2. The van der Waals surface area contributed by atoms with Crippen LogP contribution in [0.1, 0.15) is 181 Å². The Balaban J connectivity index is 2.38. The summed E-state index contributed by atoms with van der Waals surface area (Å²) >= 11 is 0. The summed E-state index contributed by atoms with van der Waals surface area (Å²) in [7, 11) is 0. The van der Waals surface area contributed by atoms with E-state index in [0.29, 0.717) is 12.8 Å². The van der Waals surface area contributed by atoms with Gasteiger partial charge in [0.1, 0.15) is 24.4 Å². The molecule has 1 amide bonds. The van der Waals surface area contributed by atoms with Crippen molar-refractivity contribution in [2.75, 3.05) is 13.2 Å². The number of hydrogen-bond donors (Lipinski definition) is 6. The van der Waals surface area contributed by atoms with Gasteiger partial charge in [0.2, 0.25) is 5.91 Å². The molecule has 1 saturated heterocycles. The Bertz CT molecular complexity index is 1070. The maximum absolute atomic E-state index is 12.9. The van der Waals surface area contributed by atoms with Crippen LogP contribution in [-0.4, -0.2) is 87.5 Å². The lowest BCUT2D eigenvalue weighted by molar-refractivity contribution is -0.302. The van der Waals surface area contributed by atoms with Crippen molar-refractivity contribution in [1.29, 1.82) is 0 Å². The third kappa shape index (κ3) is 28.9. The first-order valence-electron chi connectivity index (χ1n) is 23.0. The normalized spacial score (nSPS) is 21.6. The van der Waals surface area contributed by atoms with E-state index >= 15 is 0 Å². The van der Waals surface area contributed by atoms with Crippen LogP contribution in [0.4, 0.5) is 0 Å². The van der Waals surface area contributed by atoms with Crippen molar-refractivity contribution in [3.63, 3.8) is 0 Å². The average molecular weight is 804 g/mol. The lowest BCUT2D eigenvalue weighted by atomic mass is 9.99. The highest BCUT2D eigenvalue weighted by Gasteiger charge is 2.44. The fourth-order valence-corrected chi connectivity index (χ4v) is 6.99. The van der Waals surface area contributed by atoms with Crippen LogP contribution in [0.3, 0.4) is 0 Å². The minimum atomic E-state index is -1.57. The van der Waals surface area contributed by atoms with E-state index in [-0.39, 0.29) is 18.9 Å². The Labute approximate surface area is 347 Å². The highest BCUT2D eigenvalue weighted by molar-refractivity contribution is 5.77. The summed E-state index contributed by atoms with van der Waals surface area (Å²) in [6.07, 6.45) is 42.5. The van der Waals surface area contributed by atoms with E-state index in [4.69, 9.17) is 9.47 Å². The number of aliphatic hydroxyl groups is 5. The largest absolute Gasteiger partial charge is 0.394 e. The van der Waals surface area contributed by atoms with E-state index in [0.717, 1.165) is 44.9 Å². The molecule has 1 aliphatic rings. The zero-order valence-corrected chi connectivity index (χ0v) is 36.1. The molecule has 9 heteroatoms. The van der Waals surface area contributed by atoms with Crippen LogP contribution < -0.4 is 5.32 Å². The molecular formula is C48H85NO8. The van der Waals surface area contributed by atoms with Crippen molar-refractivity contribution in [3.8, 4) is 0 Å². The van der Waals surface area contributed by atoms with Gasteiger partial charge in [-0.1, -0.05) is 197 Å². The number of ether oxygens (including phenoxy) is 2. The van der Waals surface area contributed by atoms with Gasteiger partial charge in [0.15, 0.2) is 6.29 Å². The minimum Gasteiger partial charge on any atom is -0.394 e. The van der Waals surface area contributed by atoms with Crippen LogP contribution in [0.15, 0.2) is 60.8 Å². The van der Waals surface area contributed by atoms with Gasteiger partial charge < -0.3 is 40.3 Å². The number of carbonyl (C=O) groups is 1. The lowest BCUT2D eigenvalue weighted by Crippen LogP contribution is -2.60. The molecule has 1 aliphatic heterocycles. The molecule has 0 saturated carbocycles. The van der Waals surface area contributed by atoms with Crippen molar-refractivity contribution < 1.29 is 39.8 Å². The van der Waals surface area contributed by atoms with Gasteiger partial charge in [0, 0.05) is 6.42 Å². The summed E-state index contributed by atoms with van der Waals surface area (Å²) in [6, 6.07) is -0.775. The number of rotatable bonds is 37. The van der Waals surface area contributed by atoms with Crippen molar-refractivity contribution in [3.05, 3.63) is 60.8 Å². The Kier molecular flexibility index (Phi) is 35.4. The first-order valence-corrected chi connectivity index (χ1v) is 23.0. The Morgan fingerprint density at radius 3 is 1.46 bits per heavy atom. The van der Waals surface area contributed by atoms with E-state index in [1.165, 1.54) is 103 Å². The third-order valence-corrected chi connectivity index (χ3v) is 10.7. The van der Waals surface area contributed by atoms with E-state index < -0.39 is 49.5 Å². The second-order valence-corrected chi connectivity index (χ2v) is 15.8. The van der Waals surface area contributed by atoms with Crippen LogP contribution >= 0.6 is 0 Å². The molecule has 0 radical (unpaired) electrons. The first kappa shape index (κ1) is 52.9. The van der Waals surface area contributed by atoms with Gasteiger partial charge in [-0.2, -0.15) is 0 Å². The van der Waals surface area contributed by atoms with E-state index in [1.54, 1.807) is 6.08 Å². The number of hydrogen-bond acceptors (Lipinski definition) is 8. The fourth-order valence-electron chi connectivity index (χ4n) is 6.99. The maximum atomic E-state index is 12.9. The Hall–Kier alpha value is -2.11. The molecule has 0 aromatic rings. The summed E-state index contributed by atoms with van der Waals surface area (Å²) < 4.78 is 11.2. The number of nitrogens with one attached hydrogen (secondary N) is 1. The summed E-state index contributed by atoms with van der Waals surface area (Å²) in [5.74, 6) is -0.272. The average Bonchev–Trinajstić information content (AvgIpc) is 3.21. The lowest BCUT2D eigenvalue weighted by Gasteiger charge is -2.40. The molecule has 7 unspecified atom stereocenters. The van der Waals surface area contributed by atoms with E-state index in [1.807, 2.05) is 6.08 Å². The third-order valence-electron chi connectivity index (χ3n) is 10.7. The molecule has 0 aromatic heterocycles. The molecule has 330 valence electrons. The molecule has 0 spiro atoms.